The van der Waals surface area contributed by atoms with E-state index in [1.807, 2.05) is 6.07 Å². The van der Waals surface area contributed by atoms with E-state index in [1.165, 1.54) is 0 Å². The zero-order chi connectivity index (χ0) is 11.8. The van der Waals surface area contributed by atoms with Gasteiger partial charge in [0.25, 0.3) is 0 Å². The zero-order valence-corrected chi connectivity index (χ0v) is 10.3. The third-order valence-corrected chi connectivity index (χ3v) is 4.19. The quantitative estimate of drug-likeness (QED) is 0.838. The number of anilines is 1. The maximum Gasteiger partial charge on any atom is 0.240 e. The molecule has 0 saturated heterocycles. The van der Waals surface area contributed by atoms with E-state index < -0.39 is 10.0 Å². The molecule has 0 bridgehead atoms. The van der Waals surface area contributed by atoms with Crippen LogP contribution < -0.4 is 10.0 Å². The van der Waals surface area contributed by atoms with Crippen molar-refractivity contribution in [3.8, 4) is 0 Å². The lowest BCUT2D eigenvalue weighted by Crippen LogP contribution is -2.23. The van der Waals surface area contributed by atoms with E-state index >= 15 is 0 Å². The molecule has 1 aromatic rings. The monoisotopic (exact) mass is 240 g/mol. The summed E-state index contributed by atoms with van der Waals surface area (Å²) in [4.78, 5) is 0.351. The summed E-state index contributed by atoms with van der Waals surface area (Å²) in [5.41, 5.74) is 2.12. The minimum absolute atomic E-state index is 0.351. The number of hydrogen-bond donors (Lipinski definition) is 2. The molecule has 88 valence electrons. The van der Waals surface area contributed by atoms with Gasteiger partial charge in [0.15, 0.2) is 0 Å². The van der Waals surface area contributed by atoms with Crippen LogP contribution in [0.3, 0.4) is 0 Å². The smallest absolute Gasteiger partial charge is 0.240 e. The van der Waals surface area contributed by atoms with Gasteiger partial charge < -0.3 is 5.32 Å². The summed E-state index contributed by atoms with van der Waals surface area (Å²) in [7, 11) is -3.33. The predicted octanol–water partition coefficient (Wildman–Crippen LogP) is 1.34. The maximum absolute atomic E-state index is 11.8. The first-order valence-electron chi connectivity index (χ1n) is 5.42. The van der Waals surface area contributed by atoms with Crippen LogP contribution in [0.2, 0.25) is 0 Å². The van der Waals surface area contributed by atoms with Gasteiger partial charge in [-0.15, -0.1) is 0 Å². The number of sulfonamides is 1. The van der Waals surface area contributed by atoms with Gasteiger partial charge in [-0.25, -0.2) is 13.1 Å². The van der Waals surface area contributed by atoms with E-state index in [0.29, 0.717) is 17.5 Å². The minimum Gasteiger partial charge on any atom is -0.382 e. The summed E-state index contributed by atoms with van der Waals surface area (Å²) >= 11 is 0. The van der Waals surface area contributed by atoms with Crippen LogP contribution in [0.15, 0.2) is 23.1 Å². The van der Waals surface area contributed by atoms with E-state index in [0.717, 1.165) is 17.7 Å². The van der Waals surface area contributed by atoms with Gasteiger partial charge in [0.1, 0.15) is 0 Å². The Labute approximate surface area is 96.1 Å². The van der Waals surface area contributed by atoms with E-state index in [-0.39, 0.29) is 0 Å². The number of rotatable bonds is 3. The molecule has 1 aliphatic rings. The fourth-order valence-electron chi connectivity index (χ4n) is 1.97. The van der Waals surface area contributed by atoms with Gasteiger partial charge in [0.2, 0.25) is 10.0 Å². The Morgan fingerprint density at radius 2 is 2.25 bits per heavy atom. The van der Waals surface area contributed by atoms with E-state index in [4.69, 9.17) is 0 Å². The largest absolute Gasteiger partial charge is 0.382 e. The van der Waals surface area contributed by atoms with Crippen LogP contribution in [-0.2, 0) is 16.4 Å². The molecule has 0 amide bonds. The Kier molecular flexibility index (Phi) is 2.90. The zero-order valence-electron chi connectivity index (χ0n) is 9.45. The standard InChI is InChI=1S/C11H16N2O2S/c1-3-12-16(14,15)10-4-5-11-9(7-10)6-8(2)13-11/h4-5,7-8,12-13H,3,6H2,1-2H3/t8-/m1/s1. The van der Waals surface area contributed by atoms with Crippen molar-refractivity contribution >= 4 is 15.7 Å². The fourth-order valence-corrected chi connectivity index (χ4v) is 3.06. The van der Waals surface area contributed by atoms with Gasteiger partial charge in [-0.2, -0.15) is 0 Å². The highest BCUT2D eigenvalue weighted by Crippen LogP contribution is 2.27. The van der Waals surface area contributed by atoms with Gasteiger partial charge >= 0.3 is 0 Å². The molecule has 1 atom stereocenters. The number of fused-ring (bicyclic) bond motifs is 1. The molecule has 0 spiro atoms. The molecule has 0 aliphatic carbocycles. The Balaban J connectivity index is 2.36. The molecular formula is C11H16N2O2S. The second kappa shape index (κ2) is 4.07. The number of nitrogens with one attached hydrogen (secondary N) is 2. The maximum atomic E-state index is 11.8. The summed E-state index contributed by atoms with van der Waals surface area (Å²) in [6.45, 7) is 4.26. The molecule has 1 heterocycles. The van der Waals surface area contributed by atoms with Crippen molar-refractivity contribution in [3.63, 3.8) is 0 Å². The van der Waals surface area contributed by atoms with Crippen molar-refractivity contribution in [2.24, 2.45) is 0 Å². The van der Waals surface area contributed by atoms with Crippen molar-refractivity contribution in [1.82, 2.24) is 4.72 Å². The second-order valence-electron chi connectivity index (χ2n) is 4.07. The van der Waals surface area contributed by atoms with Crippen molar-refractivity contribution in [2.75, 3.05) is 11.9 Å². The number of hydrogen-bond acceptors (Lipinski definition) is 3. The lowest BCUT2D eigenvalue weighted by molar-refractivity contribution is 0.584. The van der Waals surface area contributed by atoms with Crippen LogP contribution in [0.5, 0.6) is 0 Å². The highest BCUT2D eigenvalue weighted by molar-refractivity contribution is 7.89. The first kappa shape index (κ1) is 11.4. The van der Waals surface area contributed by atoms with Crippen molar-refractivity contribution in [2.45, 2.75) is 31.2 Å². The first-order chi connectivity index (χ1) is 7.53. The molecule has 0 unspecified atom stereocenters. The van der Waals surface area contributed by atoms with Crippen LogP contribution in [0.4, 0.5) is 5.69 Å². The molecule has 0 fully saturated rings. The lowest BCUT2D eigenvalue weighted by Gasteiger charge is -2.06. The van der Waals surface area contributed by atoms with Crippen molar-refractivity contribution < 1.29 is 8.42 Å². The summed E-state index contributed by atoms with van der Waals surface area (Å²) in [6, 6.07) is 5.61. The average Bonchev–Trinajstić information content (AvgIpc) is 2.56. The van der Waals surface area contributed by atoms with Gasteiger partial charge in [-0.05, 0) is 37.1 Å². The molecule has 1 aromatic carbocycles. The molecule has 0 aromatic heterocycles. The summed E-state index contributed by atoms with van der Waals surface area (Å²) in [5, 5.41) is 3.29. The molecule has 0 radical (unpaired) electrons. The van der Waals surface area contributed by atoms with Crippen molar-refractivity contribution in [3.05, 3.63) is 23.8 Å². The number of benzene rings is 1. The predicted molar refractivity (Wildman–Crippen MR) is 64.1 cm³/mol. The molecule has 16 heavy (non-hydrogen) atoms. The topological polar surface area (TPSA) is 58.2 Å². The van der Waals surface area contributed by atoms with Crippen LogP contribution in [0, 0.1) is 0 Å². The molecule has 5 heteroatoms. The van der Waals surface area contributed by atoms with Gasteiger partial charge in [0.05, 0.1) is 4.90 Å². The van der Waals surface area contributed by atoms with E-state index in [2.05, 4.69) is 17.0 Å². The lowest BCUT2D eigenvalue weighted by atomic mass is 10.1. The van der Waals surface area contributed by atoms with Gasteiger partial charge in [-0.1, -0.05) is 6.92 Å². The van der Waals surface area contributed by atoms with E-state index in [1.54, 1.807) is 19.1 Å². The normalized spacial score (nSPS) is 19.2. The van der Waals surface area contributed by atoms with Crippen molar-refractivity contribution in [1.29, 1.82) is 0 Å². The Hall–Kier alpha value is -1.07. The third-order valence-electron chi connectivity index (χ3n) is 2.65. The van der Waals surface area contributed by atoms with Crippen LogP contribution in [-0.4, -0.2) is 21.0 Å². The van der Waals surface area contributed by atoms with E-state index in [9.17, 15) is 8.42 Å². The minimum atomic E-state index is -3.33. The second-order valence-corrected chi connectivity index (χ2v) is 5.84. The molecule has 2 rings (SSSR count). The Bertz CT molecular complexity index is 497. The third kappa shape index (κ3) is 2.05. The van der Waals surface area contributed by atoms with Crippen LogP contribution >= 0.6 is 0 Å². The summed E-state index contributed by atoms with van der Waals surface area (Å²) in [5.74, 6) is 0. The van der Waals surface area contributed by atoms with Gasteiger partial charge in [0, 0.05) is 18.3 Å². The first-order valence-corrected chi connectivity index (χ1v) is 6.90. The molecule has 2 N–H and O–H groups in total. The van der Waals surface area contributed by atoms with Gasteiger partial charge in [-0.3, -0.25) is 0 Å². The SMILES string of the molecule is CCNS(=O)(=O)c1ccc2c(c1)C[C@@H](C)N2. The Morgan fingerprint density at radius 1 is 1.50 bits per heavy atom. The average molecular weight is 240 g/mol. The summed E-state index contributed by atoms with van der Waals surface area (Å²) in [6.07, 6.45) is 0.880. The fraction of sp³-hybridized carbons (Fsp3) is 0.455. The molecular weight excluding hydrogens is 224 g/mol. The molecule has 1 aliphatic heterocycles. The summed E-state index contributed by atoms with van der Waals surface area (Å²) < 4.78 is 26.1. The molecule has 0 saturated carbocycles. The highest BCUT2D eigenvalue weighted by atomic mass is 32.2. The molecule has 4 nitrogen and oxygen atoms in total. The van der Waals surface area contributed by atoms with Crippen LogP contribution in [0.1, 0.15) is 19.4 Å². The van der Waals surface area contributed by atoms with Crippen LogP contribution in [0.25, 0.3) is 0 Å². The highest BCUT2D eigenvalue weighted by Gasteiger charge is 2.20. The Morgan fingerprint density at radius 3 is 2.94 bits per heavy atom.